The fourth-order valence-corrected chi connectivity index (χ4v) is 3.28. The highest BCUT2D eigenvalue weighted by Gasteiger charge is 2.31. The maximum absolute atomic E-state index is 14.6. The molecule has 0 bridgehead atoms. The van der Waals surface area contributed by atoms with Gasteiger partial charge in [0.05, 0.1) is 13.2 Å². The molecule has 3 rings (SSSR count). The Morgan fingerprint density at radius 1 is 1.20 bits per heavy atom. The van der Waals surface area contributed by atoms with E-state index >= 15 is 0 Å². The van der Waals surface area contributed by atoms with E-state index in [9.17, 15) is 4.39 Å². The zero-order valence-electron chi connectivity index (χ0n) is 14.8. The minimum absolute atomic E-state index is 0.230. The summed E-state index contributed by atoms with van der Waals surface area (Å²) in [6.07, 6.45) is 0. The molecule has 1 aromatic heterocycles. The largest absolute Gasteiger partial charge is 0.383 e. The van der Waals surface area contributed by atoms with Crippen LogP contribution >= 0.6 is 0 Å². The van der Waals surface area contributed by atoms with Crippen LogP contribution in [-0.4, -0.2) is 76.4 Å². The summed E-state index contributed by atoms with van der Waals surface area (Å²) < 4.78 is 21.4. The van der Waals surface area contributed by atoms with Gasteiger partial charge in [0.2, 0.25) is 0 Å². The van der Waals surface area contributed by atoms with Gasteiger partial charge in [0.25, 0.3) is 0 Å². The predicted octanol–water partition coefficient (Wildman–Crippen LogP) is 1.19. The first-order valence-electron chi connectivity index (χ1n) is 8.70. The van der Waals surface area contributed by atoms with Gasteiger partial charge in [0.15, 0.2) is 5.82 Å². The molecular formula is C17H25FN6O. The number of methoxy groups -OCH3 is 1. The maximum Gasteiger partial charge on any atom is 0.173 e. The summed E-state index contributed by atoms with van der Waals surface area (Å²) in [7, 11) is 1.64. The van der Waals surface area contributed by atoms with Crippen molar-refractivity contribution in [3.63, 3.8) is 0 Å². The number of rotatable bonds is 7. The van der Waals surface area contributed by atoms with E-state index in [1.54, 1.807) is 17.9 Å². The van der Waals surface area contributed by atoms with E-state index < -0.39 is 0 Å². The molecule has 1 aliphatic heterocycles. The third-order valence-corrected chi connectivity index (χ3v) is 4.73. The molecule has 8 heteroatoms. The highest BCUT2D eigenvalue weighted by molar-refractivity contribution is 5.26. The third kappa shape index (κ3) is 4.02. The van der Waals surface area contributed by atoms with Crippen LogP contribution in [0.25, 0.3) is 0 Å². The number of hydrogen-bond donors (Lipinski definition) is 0. The van der Waals surface area contributed by atoms with Crippen LogP contribution in [0.4, 0.5) is 4.39 Å². The van der Waals surface area contributed by atoms with Crippen LogP contribution in [0, 0.1) is 5.82 Å². The number of ether oxygens (including phenoxy) is 1. The fourth-order valence-electron chi connectivity index (χ4n) is 3.28. The molecule has 0 aliphatic carbocycles. The van der Waals surface area contributed by atoms with Crippen molar-refractivity contribution in [1.29, 1.82) is 0 Å². The Kier molecular flexibility index (Phi) is 6.06. The average Bonchev–Trinajstić information content (AvgIpc) is 3.10. The van der Waals surface area contributed by atoms with Crippen molar-refractivity contribution < 1.29 is 9.13 Å². The Hall–Kier alpha value is -1.90. The molecule has 2 heterocycles. The normalized spacial score (nSPS) is 17.7. The van der Waals surface area contributed by atoms with E-state index in [1.165, 1.54) is 6.07 Å². The number of piperazine rings is 1. The second-order valence-corrected chi connectivity index (χ2v) is 6.15. The maximum atomic E-state index is 14.6. The molecular weight excluding hydrogens is 323 g/mol. The zero-order chi connectivity index (χ0) is 17.6. The second kappa shape index (κ2) is 8.46. The molecule has 1 fully saturated rings. The topological polar surface area (TPSA) is 59.3 Å². The highest BCUT2D eigenvalue weighted by Crippen LogP contribution is 2.29. The summed E-state index contributed by atoms with van der Waals surface area (Å²) in [4.78, 5) is 4.66. The molecule has 1 atom stereocenters. The molecule has 25 heavy (non-hydrogen) atoms. The first kappa shape index (κ1) is 17.9. The van der Waals surface area contributed by atoms with Gasteiger partial charge >= 0.3 is 0 Å². The first-order valence-corrected chi connectivity index (χ1v) is 8.70. The lowest BCUT2D eigenvalue weighted by molar-refractivity contribution is 0.105. The van der Waals surface area contributed by atoms with E-state index in [1.807, 2.05) is 12.1 Å². The number of halogens is 1. The molecule has 1 aromatic carbocycles. The van der Waals surface area contributed by atoms with Crippen LogP contribution in [0.3, 0.4) is 0 Å². The summed E-state index contributed by atoms with van der Waals surface area (Å²) in [5.41, 5.74) is 0.612. The summed E-state index contributed by atoms with van der Waals surface area (Å²) in [6, 6.07) is 6.58. The molecule has 0 amide bonds. The standard InChI is InChI=1S/C17H25FN6O/c1-3-22-8-10-23(11-9-22)16(14-6-4-5-7-15(14)18)17-19-20-21-24(17)12-13-25-2/h4-7,16H,3,8-13H2,1-2H3. The Balaban J connectivity index is 1.93. The Morgan fingerprint density at radius 3 is 2.64 bits per heavy atom. The van der Waals surface area contributed by atoms with Gasteiger partial charge in [-0.15, -0.1) is 5.10 Å². The predicted molar refractivity (Wildman–Crippen MR) is 91.6 cm³/mol. The van der Waals surface area contributed by atoms with Crippen molar-refractivity contribution in [2.24, 2.45) is 0 Å². The first-order chi connectivity index (χ1) is 12.2. The van der Waals surface area contributed by atoms with Crippen LogP contribution in [0.5, 0.6) is 0 Å². The number of benzene rings is 1. The Labute approximate surface area is 147 Å². The van der Waals surface area contributed by atoms with Crippen molar-refractivity contribution in [2.75, 3.05) is 46.4 Å². The summed E-state index contributed by atoms with van der Waals surface area (Å²) in [5, 5.41) is 12.1. The molecule has 7 nitrogen and oxygen atoms in total. The van der Waals surface area contributed by atoms with E-state index in [-0.39, 0.29) is 11.9 Å². The van der Waals surface area contributed by atoms with Crippen molar-refractivity contribution >= 4 is 0 Å². The molecule has 0 N–H and O–H groups in total. The van der Waals surface area contributed by atoms with Crippen LogP contribution in [0.15, 0.2) is 24.3 Å². The zero-order valence-corrected chi connectivity index (χ0v) is 14.8. The summed E-state index contributed by atoms with van der Waals surface area (Å²) >= 11 is 0. The minimum Gasteiger partial charge on any atom is -0.383 e. The van der Waals surface area contributed by atoms with Gasteiger partial charge in [-0.25, -0.2) is 9.07 Å². The fraction of sp³-hybridized carbons (Fsp3) is 0.588. The molecule has 1 saturated heterocycles. The lowest BCUT2D eigenvalue weighted by atomic mass is 10.0. The number of tetrazole rings is 1. The summed E-state index contributed by atoms with van der Waals surface area (Å²) in [5.74, 6) is 0.429. The molecule has 0 radical (unpaired) electrons. The number of likely N-dealkylation sites (N-methyl/N-ethyl adjacent to an activating group) is 1. The van der Waals surface area contributed by atoms with Crippen molar-refractivity contribution in [3.8, 4) is 0 Å². The molecule has 2 aromatic rings. The van der Waals surface area contributed by atoms with Crippen LogP contribution in [-0.2, 0) is 11.3 Å². The molecule has 136 valence electrons. The van der Waals surface area contributed by atoms with E-state index in [0.29, 0.717) is 24.5 Å². The van der Waals surface area contributed by atoms with Gasteiger partial charge in [-0.3, -0.25) is 4.90 Å². The molecule has 1 unspecified atom stereocenters. The Morgan fingerprint density at radius 2 is 1.96 bits per heavy atom. The van der Waals surface area contributed by atoms with E-state index in [4.69, 9.17) is 4.74 Å². The van der Waals surface area contributed by atoms with Gasteiger partial charge in [0.1, 0.15) is 11.9 Å². The van der Waals surface area contributed by atoms with Crippen molar-refractivity contribution in [2.45, 2.75) is 19.5 Å². The van der Waals surface area contributed by atoms with Crippen LogP contribution in [0.1, 0.15) is 24.4 Å². The van der Waals surface area contributed by atoms with Gasteiger partial charge in [-0.2, -0.15) is 0 Å². The summed E-state index contributed by atoms with van der Waals surface area (Å²) in [6.45, 7) is 7.86. The quantitative estimate of drug-likeness (QED) is 0.749. The lowest BCUT2D eigenvalue weighted by Crippen LogP contribution is -2.48. The van der Waals surface area contributed by atoms with Gasteiger partial charge < -0.3 is 9.64 Å². The molecule has 0 spiro atoms. The average molecular weight is 348 g/mol. The SMILES string of the molecule is CCN1CCN(C(c2ccccc2F)c2nnnn2CCOC)CC1. The van der Waals surface area contributed by atoms with E-state index in [0.717, 1.165) is 32.7 Å². The van der Waals surface area contributed by atoms with Crippen molar-refractivity contribution in [3.05, 3.63) is 41.5 Å². The molecule has 0 saturated carbocycles. The lowest BCUT2D eigenvalue weighted by Gasteiger charge is -2.38. The smallest absolute Gasteiger partial charge is 0.173 e. The highest BCUT2D eigenvalue weighted by atomic mass is 19.1. The van der Waals surface area contributed by atoms with Gasteiger partial charge in [0, 0.05) is 38.9 Å². The van der Waals surface area contributed by atoms with Gasteiger partial charge in [-0.1, -0.05) is 25.1 Å². The monoisotopic (exact) mass is 348 g/mol. The van der Waals surface area contributed by atoms with Crippen LogP contribution < -0.4 is 0 Å². The van der Waals surface area contributed by atoms with Crippen LogP contribution in [0.2, 0.25) is 0 Å². The van der Waals surface area contributed by atoms with Crippen molar-refractivity contribution in [1.82, 2.24) is 30.0 Å². The second-order valence-electron chi connectivity index (χ2n) is 6.15. The number of nitrogens with zero attached hydrogens (tertiary/aromatic N) is 6. The van der Waals surface area contributed by atoms with E-state index in [2.05, 4.69) is 32.2 Å². The Bertz CT molecular complexity index is 671. The molecule has 1 aliphatic rings. The van der Waals surface area contributed by atoms with Gasteiger partial charge in [-0.05, 0) is 23.0 Å². The third-order valence-electron chi connectivity index (χ3n) is 4.73. The number of aromatic nitrogens is 4. The number of hydrogen-bond acceptors (Lipinski definition) is 6. The minimum atomic E-state index is -0.299.